The third kappa shape index (κ3) is 1.59. The van der Waals surface area contributed by atoms with E-state index in [-0.39, 0.29) is 4.91 Å². The summed E-state index contributed by atoms with van der Waals surface area (Å²) in [5.74, 6) is 0. The van der Waals surface area contributed by atoms with Gasteiger partial charge in [0.05, 0.1) is 4.91 Å². The van der Waals surface area contributed by atoms with Crippen LogP contribution in [0, 0.1) is 0 Å². The molecule has 0 atom stereocenters. The van der Waals surface area contributed by atoms with Gasteiger partial charge in [-0.3, -0.25) is 0 Å². The van der Waals surface area contributed by atoms with Crippen molar-refractivity contribution < 1.29 is 8.42 Å². The van der Waals surface area contributed by atoms with E-state index in [9.17, 15) is 8.42 Å². The minimum atomic E-state index is -3.27. The average Bonchev–Trinajstić information content (AvgIpc) is 2.55. The second-order valence-corrected chi connectivity index (χ2v) is 4.77. The van der Waals surface area contributed by atoms with Gasteiger partial charge < -0.3 is 0 Å². The van der Waals surface area contributed by atoms with Gasteiger partial charge >= 0.3 is 0 Å². The quantitative estimate of drug-likeness (QED) is 0.621. The molecule has 0 unspecified atom stereocenters. The van der Waals surface area contributed by atoms with E-state index in [1.54, 1.807) is 0 Å². The monoisotopic (exact) mass is 187 g/mol. The number of allylic oxidation sites excluding steroid dienone is 1. The molecular formula is C8H13NO2S. The van der Waals surface area contributed by atoms with Gasteiger partial charge in [0, 0.05) is 13.1 Å². The van der Waals surface area contributed by atoms with Gasteiger partial charge in [-0.25, -0.2) is 8.42 Å². The molecule has 1 rings (SSSR count). The summed E-state index contributed by atoms with van der Waals surface area (Å²) in [6.07, 6.45) is 3.18. The summed E-state index contributed by atoms with van der Waals surface area (Å²) in [6, 6.07) is 0. The van der Waals surface area contributed by atoms with Crippen LogP contribution in [0.5, 0.6) is 0 Å². The molecule has 3 nitrogen and oxygen atoms in total. The summed E-state index contributed by atoms with van der Waals surface area (Å²) in [5.41, 5.74) is 0. The summed E-state index contributed by atoms with van der Waals surface area (Å²) >= 11 is 0. The number of hydrogen-bond donors (Lipinski definition) is 0. The van der Waals surface area contributed by atoms with E-state index in [2.05, 4.69) is 13.2 Å². The third-order valence-corrected chi connectivity index (χ3v) is 3.84. The number of hydrogen-bond acceptors (Lipinski definition) is 2. The van der Waals surface area contributed by atoms with Crippen LogP contribution >= 0.6 is 0 Å². The van der Waals surface area contributed by atoms with Crippen molar-refractivity contribution >= 4 is 10.0 Å². The second-order valence-electron chi connectivity index (χ2n) is 2.78. The maximum absolute atomic E-state index is 11.5. The van der Waals surface area contributed by atoms with Crippen LogP contribution in [0.1, 0.15) is 12.8 Å². The molecule has 1 saturated heterocycles. The largest absolute Gasteiger partial charge is 0.242 e. The predicted molar refractivity (Wildman–Crippen MR) is 49.1 cm³/mol. The lowest BCUT2D eigenvalue weighted by atomic mass is 10.4. The van der Waals surface area contributed by atoms with Gasteiger partial charge in [0.1, 0.15) is 0 Å². The Morgan fingerprint density at radius 1 is 1.33 bits per heavy atom. The molecule has 1 heterocycles. The molecule has 0 N–H and O–H groups in total. The molecule has 1 fully saturated rings. The highest BCUT2D eigenvalue weighted by atomic mass is 32.2. The van der Waals surface area contributed by atoms with E-state index in [4.69, 9.17) is 0 Å². The minimum Gasteiger partial charge on any atom is -0.207 e. The Bertz CT molecular complexity index is 286. The molecule has 0 radical (unpaired) electrons. The molecule has 1 aliphatic heterocycles. The average molecular weight is 187 g/mol. The number of rotatable bonds is 3. The highest BCUT2D eigenvalue weighted by molar-refractivity contribution is 7.93. The number of sulfonamides is 1. The minimum absolute atomic E-state index is 0.101. The van der Waals surface area contributed by atoms with E-state index in [0.29, 0.717) is 13.1 Å². The Morgan fingerprint density at radius 3 is 2.25 bits per heavy atom. The van der Waals surface area contributed by atoms with Gasteiger partial charge in [-0.15, -0.1) is 0 Å². The van der Waals surface area contributed by atoms with Gasteiger partial charge in [-0.2, -0.15) is 4.31 Å². The molecule has 0 bridgehead atoms. The van der Waals surface area contributed by atoms with Crippen LogP contribution < -0.4 is 0 Å². The van der Waals surface area contributed by atoms with Gasteiger partial charge in [0.15, 0.2) is 0 Å². The van der Waals surface area contributed by atoms with E-state index >= 15 is 0 Å². The summed E-state index contributed by atoms with van der Waals surface area (Å²) in [4.78, 5) is 0.101. The van der Waals surface area contributed by atoms with Crippen LogP contribution in [-0.2, 0) is 10.0 Å². The Morgan fingerprint density at radius 2 is 1.83 bits per heavy atom. The maximum atomic E-state index is 11.5. The fraction of sp³-hybridized carbons (Fsp3) is 0.500. The zero-order valence-corrected chi connectivity index (χ0v) is 7.81. The summed E-state index contributed by atoms with van der Waals surface area (Å²) in [5, 5.41) is 0. The van der Waals surface area contributed by atoms with Crippen molar-refractivity contribution in [2.24, 2.45) is 0 Å². The lowest BCUT2D eigenvalue weighted by Gasteiger charge is -2.14. The second kappa shape index (κ2) is 3.41. The van der Waals surface area contributed by atoms with Crippen LogP contribution in [0.15, 0.2) is 24.1 Å². The van der Waals surface area contributed by atoms with Gasteiger partial charge in [-0.1, -0.05) is 13.2 Å². The van der Waals surface area contributed by atoms with Gasteiger partial charge in [0.2, 0.25) is 10.0 Å². The van der Waals surface area contributed by atoms with Crippen molar-refractivity contribution in [1.29, 1.82) is 0 Å². The topological polar surface area (TPSA) is 37.4 Å². The third-order valence-electron chi connectivity index (χ3n) is 1.96. The van der Waals surface area contributed by atoms with Gasteiger partial charge in [0.25, 0.3) is 0 Å². The van der Waals surface area contributed by atoms with Crippen molar-refractivity contribution in [2.75, 3.05) is 13.1 Å². The molecule has 0 aliphatic carbocycles. The highest BCUT2D eigenvalue weighted by Crippen LogP contribution is 2.18. The van der Waals surface area contributed by atoms with E-state index < -0.39 is 10.0 Å². The van der Waals surface area contributed by atoms with Crippen LogP contribution in [0.4, 0.5) is 0 Å². The maximum Gasteiger partial charge on any atom is 0.242 e. The van der Waals surface area contributed by atoms with Crippen LogP contribution in [0.25, 0.3) is 0 Å². The zero-order chi connectivity index (χ0) is 9.19. The highest BCUT2D eigenvalue weighted by Gasteiger charge is 2.26. The predicted octanol–water partition coefficient (Wildman–Crippen LogP) is 1.11. The summed E-state index contributed by atoms with van der Waals surface area (Å²) in [7, 11) is -3.27. The van der Waals surface area contributed by atoms with Crippen LogP contribution in [-0.4, -0.2) is 25.8 Å². The van der Waals surface area contributed by atoms with Crippen molar-refractivity contribution in [3.8, 4) is 0 Å². The lowest BCUT2D eigenvalue weighted by Crippen LogP contribution is -2.28. The molecule has 0 aromatic carbocycles. The lowest BCUT2D eigenvalue weighted by molar-refractivity contribution is 0.484. The summed E-state index contributed by atoms with van der Waals surface area (Å²) < 4.78 is 24.5. The smallest absolute Gasteiger partial charge is 0.207 e. The first-order valence-electron chi connectivity index (χ1n) is 3.90. The molecule has 68 valence electrons. The Balaban J connectivity index is 2.84. The van der Waals surface area contributed by atoms with Crippen molar-refractivity contribution in [3.05, 3.63) is 24.1 Å². The number of nitrogens with zero attached hydrogens (tertiary/aromatic N) is 1. The molecule has 0 amide bonds. The Kier molecular flexibility index (Phi) is 2.69. The molecule has 12 heavy (non-hydrogen) atoms. The molecule has 1 aliphatic rings. The van der Waals surface area contributed by atoms with Crippen molar-refractivity contribution in [1.82, 2.24) is 4.31 Å². The molecule has 4 heteroatoms. The zero-order valence-electron chi connectivity index (χ0n) is 6.99. The molecular weight excluding hydrogens is 174 g/mol. The Hall–Kier alpha value is -0.610. The standard InChI is InChI=1S/C8H13NO2S/c1-3-8(2)12(10,11)9-6-4-5-7-9/h3H,1-2,4-7H2. The first-order valence-corrected chi connectivity index (χ1v) is 5.34. The van der Waals surface area contributed by atoms with E-state index in [1.165, 1.54) is 10.4 Å². The molecule has 0 aromatic rings. The van der Waals surface area contributed by atoms with Crippen LogP contribution in [0.3, 0.4) is 0 Å². The molecule has 0 saturated carbocycles. The molecule has 0 aromatic heterocycles. The fourth-order valence-electron chi connectivity index (χ4n) is 1.20. The van der Waals surface area contributed by atoms with Crippen molar-refractivity contribution in [3.63, 3.8) is 0 Å². The van der Waals surface area contributed by atoms with Crippen LogP contribution in [0.2, 0.25) is 0 Å². The van der Waals surface area contributed by atoms with Gasteiger partial charge in [-0.05, 0) is 18.9 Å². The van der Waals surface area contributed by atoms with Crippen molar-refractivity contribution in [2.45, 2.75) is 12.8 Å². The summed E-state index contributed by atoms with van der Waals surface area (Å²) in [6.45, 7) is 8.08. The Labute approximate surface area is 73.4 Å². The SMILES string of the molecule is C=CC(=C)S(=O)(=O)N1CCCC1. The fourth-order valence-corrected chi connectivity index (χ4v) is 2.48. The van der Waals surface area contributed by atoms with E-state index in [1.807, 2.05) is 0 Å². The van der Waals surface area contributed by atoms with E-state index in [0.717, 1.165) is 12.8 Å². The first-order chi connectivity index (χ1) is 5.59. The molecule has 0 spiro atoms. The normalized spacial score (nSPS) is 19.3. The first kappa shape index (κ1) is 9.48.